The smallest absolute Gasteiger partial charge is 0.350 e. The molecule has 0 saturated carbocycles. The molecule has 4 nitrogen and oxygen atoms in total. The third-order valence-electron chi connectivity index (χ3n) is 2.26. The van der Waals surface area contributed by atoms with Gasteiger partial charge in [0.1, 0.15) is 4.88 Å². The highest BCUT2D eigenvalue weighted by molar-refractivity contribution is 9.11. The molecule has 2 rings (SSSR count). The lowest BCUT2D eigenvalue weighted by molar-refractivity contribution is 0.0607. The summed E-state index contributed by atoms with van der Waals surface area (Å²) in [6.07, 6.45) is 1.74. The highest BCUT2D eigenvalue weighted by Crippen LogP contribution is 2.32. The standard InChI is InChI=1S/C12H11BrN2O2S/c1-17-12(16)11-9(6-10(13)18-11)15-7-8-4-2-3-5-14-8/h2-6,15H,7H2,1H3. The molecule has 0 unspecified atom stereocenters. The molecule has 0 saturated heterocycles. The van der Waals surface area contributed by atoms with Crippen LogP contribution in [0.25, 0.3) is 0 Å². The average Bonchev–Trinajstić information content (AvgIpc) is 2.78. The van der Waals surface area contributed by atoms with E-state index in [4.69, 9.17) is 4.74 Å². The van der Waals surface area contributed by atoms with E-state index in [1.165, 1.54) is 18.4 Å². The van der Waals surface area contributed by atoms with Crippen molar-refractivity contribution in [2.75, 3.05) is 12.4 Å². The number of halogens is 1. The molecule has 2 heterocycles. The Morgan fingerprint density at radius 1 is 1.56 bits per heavy atom. The molecule has 1 N–H and O–H groups in total. The number of esters is 1. The third-order valence-corrected chi connectivity index (χ3v) is 3.88. The van der Waals surface area contributed by atoms with Gasteiger partial charge in [-0.05, 0) is 34.1 Å². The Morgan fingerprint density at radius 2 is 2.39 bits per heavy atom. The van der Waals surface area contributed by atoms with Gasteiger partial charge in [0.25, 0.3) is 0 Å². The molecule has 0 radical (unpaired) electrons. The first-order valence-corrected chi connectivity index (χ1v) is 6.83. The van der Waals surface area contributed by atoms with Crippen LogP contribution in [0.2, 0.25) is 0 Å². The Morgan fingerprint density at radius 3 is 3.06 bits per heavy atom. The van der Waals surface area contributed by atoms with Crippen molar-refractivity contribution in [3.8, 4) is 0 Å². The minimum atomic E-state index is -0.339. The number of rotatable bonds is 4. The first-order chi connectivity index (χ1) is 8.70. The minimum Gasteiger partial charge on any atom is -0.465 e. The first-order valence-electron chi connectivity index (χ1n) is 5.22. The van der Waals surface area contributed by atoms with E-state index in [9.17, 15) is 4.79 Å². The number of thiophene rings is 1. The highest BCUT2D eigenvalue weighted by Gasteiger charge is 2.15. The van der Waals surface area contributed by atoms with E-state index >= 15 is 0 Å². The fourth-order valence-corrected chi connectivity index (χ4v) is 2.92. The molecule has 0 bridgehead atoms. The first kappa shape index (κ1) is 13.0. The quantitative estimate of drug-likeness (QED) is 0.876. The Kier molecular flexibility index (Phi) is 4.33. The summed E-state index contributed by atoms with van der Waals surface area (Å²) in [7, 11) is 1.37. The molecule has 0 atom stereocenters. The number of nitrogens with zero attached hydrogens (tertiary/aromatic N) is 1. The van der Waals surface area contributed by atoms with Crippen molar-refractivity contribution in [3.63, 3.8) is 0 Å². The lowest BCUT2D eigenvalue weighted by atomic mass is 10.3. The number of nitrogens with one attached hydrogen (secondary N) is 1. The average molecular weight is 327 g/mol. The van der Waals surface area contributed by atoms with Crippen LogP contribution in [0.3, 0.4) is 0 Å². The van der Waals surface area contributed by atoms with Crippen LogP contribution in [0.15, 0.2) is 34.2 Å². The third kappa shape index (κ3) is 3.08. The number of hydrogen-bond acceptors (Lipinski definition) is 5. The normalized spacial score (nSPS) is 10.1. The molecular formula is C12H11BrN2O2S. The minimum absolute atomic E-state index is 0.339. The lowest BCUT2D eigenvalue weighted by Gasteiger charge is -2.05. The maximum Gasteiger partial charge on any atom is 0.350 e. The van der Waals surface area contributed by atoms with Crippen LogP contribution in [-0.4, -0.2) is 18.1 Å². The van der Waals surface area contributed by atoms with Gasteiger partial charge in [-0.15, -0.1) is 11.3 Å². The fourth-order valence-electron chi connectivity index (χ4n) is 1.43. The van der Waals surface area contributed by atoms with Crippen molar-refractivity contribution in [3.05, 3.63) is 44.8 Å². The number of carbonyl (C=O) groups is 1. The molecule has 94 valence electrons. The van der Waals surface area contributed by atoms with Gasteiger partial charge in [0, 0.05) is 6.20 Å². The maximum atomic E-state index is 11.6. The summed E-state index contributed by atoms with van der Waals surface area (Å²) in [6.45, 7) is 0.563. The summed E-state index contributed by atoms with van der Waals surface area (Å²) in [5.74, 6) is -0.339. The van der Waals surface area contributed by atoms with E-state index < -0.39 is 0 Å². The van der Waals surface area contributed by atoms with Crippen LogP contribution < -0.4 is 5.32 Å². The van der Waals surface area contributed by atoms with Crippen LogP contribution in [0.1, 0.15) is 15.4 Å². The van der Waals surface area contributed by atoms with Crippen LogP contribution in [-0.2, 0) is 11.3 Å². The molecule has 0 fully saturated rings. The monoisotopic (exact) mass is 326 g/mol. The summed E-state index contributed by atoms with van der Waals surface area (Å²) in [5.41, 5.74) is 1.67. The zero-order valence-corrected chi connectivity index (χ0v) is 12.0. The number of ether oxygens (including phenoxy) is 1. The van der Waals surface area contributed by atoms with Gasteiger partial charge < -0.3 is 10.1 Å². The van der Waals surface area contributed by atoms with Gasteiger partial charge in [0.05, 0.1) is 28.8 Å². The van der Waals surface area contributed by atoms with Crippen molar-refractivity contribution in [2.24, 2.45) is 0 Å². The second-order valence-electron chi connectivity index (χ2n) is 3.46. The van der Waals surface area contributed by atoms with Crippen LogP contribution in [0, 0.1) is 0 Å². The van der Waals surface area contributed by atoms with Gasteiger partial charge in [0.15, 0.2) is 0 Å². The van der Waals surface area contributed by atoms with Crippen LogP contribution >= 0.6 is 27.3 Å². The fraction of sp³-hybridized carbons (Fsp3) is 0.167. The Labute approximate surface area is 117 Å². The second kappa shape index (κ2) is 5.97. The van der Waals surface area contributed by atoms with Crippen LogP contribution in [0.5, 0.6) is 0 Å². The molecule has 0 aromatic carbocycles. The molecule has 0 aliphatic carbocycles. The molecule has 18 heavy (non-hydrogen) atoms. The Hall–Kier alpha value is -1.40. The SMILES string of the molecule is COC(=O)c1sc(Br)cc1NCc1ccccn1. The maximum absolute atomic E-state index is 11.6. The van der Waals surface area contributed by atoms with E-state index in [0.717, 1.165) is 15.2 Å². The molecule has 6 heteroatoms. The predicted octanol–water partition coefficient (Wildman–Crippen LogP) is 3.30. The Balaban J connectivity index is 2.12. The number of carbonyl (C=O) groups excluding carboxylic acids is 1. The van der Waals surface area contributed by atoms with Gasteiger partial charge in [-0.25, -0.2) is 4.79 Å². The number of aromatic nitrogens is 1. The van der Waals surface area contributed by atoms with Crippen molar-refractivity contribution in [1.29, 1.82) is 0 Å². The zero-order chi connectivity index (χ0) is 13.0. The van der Waals surface area contributed by atoms with Crippen molar-refractivity contribution >= 4 is 38.9 Å². The molecule has 0 amide bonds. The molecule has 0 aliphatic rings. The largest absolute Gasteiger partial charge is 0.465 e. The molecule has 0 spiro atoms. The summed E-state index contributed by atoms with van der Waals surface area (Å²) in [4.78, 5) is 16.3. The molecule has 0 aliphatic heterocycles. The van der Waals surface area contributed by atoms with E-state index in [2.05, 4.69) is 26.2 Å². The Bertz CT molecular complexity index is 542. The van der Waals surface area contributed by atoms with Gasteiger partial charge in [-0.2, -0.15) is 0 Å². The number of anilines is 1. The van der Waals surface area contributed by atoms with Gasteiger partial charge in [-0.1, -0.05) is 6.07 Å². The second-order valence-corrected chi connectivity index (χ2v) is 5.89. The zero-order valence-electron chi connectivity index (χ0n) is 9.64. The molecule has 2 aromatic rings. The number of hydrogen-bond donors (Lipinski definition) is 1. The topological polar surface area (TPSA) is 51.2 Å². The summed E-state index contributed by atoms with van der Waals surface area (Å²) >= 11 is 4.70. The van der Waals surface area contributed by atoms with Gasteiger partial charge in [0.2, 0.25) is 0 Å². The van der Waals surface area contributed by atoms with E-state index in [0.29, 0.717) is 11.4 Å². The summed E-state index contributed by atoms with van der Waals surface area (Å²) in [6, 6.07) is 7.57. The van der Waals surface area contributed by atoms with Crippen LogP contribution in [0.4, 0.5) is 5.69 Å². The summed E-state index contributed by atoms with van der Waals surface area (Å²) in [5, 5.41) is 3.18. The van der Waals surface area contributed by atoms with Crippen molar-refractivity contribution < 1.29 is 9.53 Å². The number of methoxy groups -OCH3 is 1. The van der Waals surface area contributed by atoms with E-state index in [-0.39, 0.29) is 5.97 Å². The molecule has 2 aromatic heterocycles. The van der Waals surface area contributed by atoms with Gasteiger partial charge in [-0.3, -0.25) is 4.98 Å². The summed E-state index contributed by atoms with van der Waals surface area (Å²) < 4.78 is 5.62. The number of pyridine rings is 1. The van der Waals surface area contributed by atoms with Crippen molar-refractivity contribution in [1.82, 2.24) is 4.98 Å². The molecular weight excluding hydrogens is 316 g/mol. The highest BCUT2D eigenvalue weighted by atomic mass is 79.9. The van der Waals surface area contributed by atoms with E-state index in [1.54, 1.807) is 6.20 Å². The van der Waals surface area contributed by atoms with Crippen molar-refractivity contribution in [2.45, 2.75) is 6.54 Å². The van der Waals surface area contributed by atoms with Gasteiger partial charge >= 0.3 is 5.97 Å². The predicted molar refractivity (Wildman–Crippen MR) is 74.9 cm³/mol. The lowest BCUT2D eigenvalue weighted by Crippen LogP contribution is -2.06. The van der Waals surface area contributed by atoms with E-state index in [1.807, 2.05) is 24.3 Å².